The molecule has 0 amide bonds. The van der Waals surface area contributed by atoms with Crippen molar-refractivity contribution in [3.63, 3.8) is 0 Å². The molecule has 2 N–H and O–H groups in total. The summed E-state index contributed by atoms with van der Waals surface area (Å²) >= 11 is 1.54. The summed E-state index contributed by atoms with van der Waals surface area (Å²) in [5.41, 5.74) is 1.63. The van der Waals surface area contributed by atoms with Crippen molar-refractivity contribution in [2.45, 2.75) is 24.2 Å². The number of fused-ring (bicyclic) bond motifs is 1. The molecule has 0 bridgehead atoms. The van der Waals surface area contributed by atoms with Crippen LogP contribution in [0.2, 0.25) is 0 Å². The van der Waals surface area contributed by atoms with Gasteiger partial charge in [0, 0.05) is 42.9 Å². The van der Waals surface area contributed by atoms with Crippen LogP contribution in [-0.4, -0.2) is 77.4 Å². The standard InChI is InChI=1S/C24H32N6O4S3/c1-29(2)13-14-30(18-8-5-4-6-9-18)37(33,34)19-16-22(25-12-15-36(3,31)32)27-23(17-19)28-24-26-20-10-7-11-21(20)35-24/h4-6,8-9,16-17H,7,10-15H2,1-3H3,(H2,25,26,27,28). The van der Waals surface area contributed by atoms with E-state index >= 15 is 0 Å². The predicted molar refractivity (Wildman–Crippen MR) is 149 cm³/mol. The number of hydrogen-bond donors (Lipinski definition) is 2. The zero-order valence-corrected chi connectivity index (χ0v) is 23.6. The average Bonchev–Trinajstić information content (AvgIpc) is 3.40. The molecule has 0 atom stereocenters. The van der Waals surface area contributed by atoms with E-state index in [9.17, 15) is 16.8 Å². The quantitative estimate of drug-likeness (QED) is 0.342. The average molecular weight is 565 g/mol. The van der Waals surface area contributed by atoms with E-state index in [1.165, 1.54) is 21.3 Å². The fraction of sp³-hybridized carbons (Fsp3) is 0.417. The molecule has 2 heterocycles. The monoisotopic (exact) mass is 564 g/mol. The summed E-state index contributed by atoms with van der Waals surface area (Å²) in [6.45, 7) is 0.873. The Morgan fingerprint density at radius 3 is 2.38 bits per heavy atom. The number of benzene rings is 1. The number of thiazole rings is 1. The van der Waals surface area contributed by atoms with Gasteiger partial charge in [0.05, 0.1) is 22.0 Å². The molecule has 0 radical (unpaired) electrons. The Labute approximate surface area is 222 Å². The third-order valence-electron chi connectivity index (χ3n) is 5.79. The van der Waals surface area contributed by atoms with Crippen LogP contribution in [-0.2, 0) is 32.7 Å². The number of anilines is 4. The fourth-order valence-corrected chi connectivity index (χ4v) is 6.95. The van der Waals surface area contributed by atoms with Gasteiger partial charge in [-0.25, -0.2) is 26.8 Å². The lowest BCUT2D eigenvalue weighted by Crippen LogP contribution is -2.36. The van der Waals surface area contributed by atoms with E-state index in [2.05, 4.69) is 20.6 Å². The van der Waals surface area contributed by atoms with Crippen LogP contribution in [0.25, 0.3) is 0 Å². The predicted octanol–water partition coefficient (Wildman–Crippen LogP) is 2.98. The SMILES string of the molecule is CN(C)CCN(c1ccccc1)S(=O)(=O)c1cc(NCCS(C)(=O)=O)nc(Nc2nc3c(s2)CCC3)c1. The molecule has 0 saturated carbocycles. The lowest BCUT2D eigenvalue weighted by molar-refractivity contribution is 0.419. The number of sulfonamides is 1. The van der Waals surface area contributed by atoms with Gasteiger partial charge < -0.3 is 15.5 Å². The topological polar surface area (TPSA) is 125 Å². The smallest absolute Gasteiger partial charge is 0.264 e. The van der Waals surface area contributed by atoms with Crippen LogP contribution < -0.4 is 14.9 Å². The minimum absolute atomic E-state index is 0.0403. The largest absolute Gasteiger partial charge is 0.369 e. The Balaban J connectivity index is 1.70. The van der Waals surface area contributed by atoms with E-state index in [-0.39, 0.29) is 29.6 Å². The number of aryl methyl sites for hydroxylation is 2. The maximum atomic E-state index is 14.0. The van der Waals surface area contributed by atoms with Gasteiger partial charge in [0.2, 0.25) is 0 Å². The summed E-state index contributed by atoms with van der Waals surface area (Å²) in [5.74, 6) is 0.472. The van der Waals surface area contributed by atoms with Gasteiger partial charge in [0.1, 0.15) is 21.5 Å². The molecule has 1 aliphatic carbocycles. The first-order chi connectivity index (χ1) is 17.5. The van der Waals surface area contributed by atoms with Crippen molar-refractivity contribution >= 4 is 53.7 Å². The van der Waals surface area contributed by atoms with Crippen molar-refractivity contribution in [2.24, 2.45) is 0 Å². The molecule has 13 heteroatoms. The Morgan fingerprint density at radius 2 is 1.70 bits per heavy atom. The lowest BCUT2D eigenvalue weighted by Gasteiger charge is -2.26. The normalized spacial score (nSPS) is 13.5. The first-order valence-corrected chi connectivity index (χ1v) is 16.2. The van der Waals surface area contributed by atoms with E-state index in [1.807, 2.05) is 25.1 Å². The Kier molecular flexibility index (Phi) is 8.36. The highest BCUT2D eigenvalue weighted by molar-refractivity contribution is 7.92. The van der Waals surface area contributed by atoms with Crippen molar-refractivity contribution in [2.75, 3.05) is 60.7 Å². The first kappa shape index (κ1) is 27.3. The number of rotatable bonds is 12. The van der Waals surface area contributed by atoms with Crippen LogP contribution in [0.1, 0.15) is 17.0 Å². The Hall–Kier alpha value is -2.74. The summed E-state index contributed by atoms with van der Waals surface area (Å²) in [6.07, 6.45) is 4.18. The Morgan fingerprint density at radius 1 is 0.973 bits per heavy atom. The minimum atomic E-state index is -3.99. The molecule has 10 nitrogen and oxygen atoms in total. The van der Waals surface area contributed by atoms with Crippen LogP contribution in [0, 0.1) is 0 Å². The van der Waals surface area contributed by atoms with Gasteiger partial charge in [-0.15, -0.1) is 11.3 Å². The second-order valence-electron chi connectivity index (χ2n) is 9.21. The molecule has 2 aromatic heterocycles. The van der Waals surface area contributed by atoms with Gasteiger partial charge >= 0.3 is 0 Å². The number of para-hydroxylation sites is 1. The molecule has 3 aromatic rings. The summed E-state index contributed by atoms with van der Waals surface area (Å²) in [6, 6.07) is 11.9. The molecular formula is C24H32N6O4S3. The molecular weight excluding hydrogens is 533 g/mol. The maximum Gasteiger partial charge on any atom is 0.264 e. The van der Waals surface area contributed by atoms with Gasteiger partial charge in [-0.2, -0.15) is 0 Å². The molecule has 0 aliphatic heterocycles. The third-order valence-corrected chi connectivity index (χ3v) is 9.61. The van der Waals surface area contributed by atoms with Crippen molar-refractivity contribution in [1.82, 2.24) is 14.9 Å². The highest BCUT2D eigenvalue weighted by Gasteiger charge is 2.27. The first-order valence-electron chi connectivity index (χ1n) is 11.9. The van der Waals surface area contributed by atoms with Crippen molar-refractivity contribution < 1.29 is 16.8 Å². The number of nitrogens with zero attached hydrogens (tertiary/aromatic N) is 4. The van der Waals surface area contributed by atoms with Gasteiger partial charge in [-0.1, -0.05) is 18.2 Å². The molecule has 0 saturated heterocycles. The highest BCUT2D eigenvalue weighted by Crippen LogP contribution is 2.33. The summed E-state index contributed by atoms with van der Waals surface area (Å²) in [7, 11) is -3.41. The maximum absolute atomic E-state index is 14.0. The summed E-state index contributed by atoms with van der Waals surface area (Å²) < 4.78 is 52.5. The van der Waals surface area contributed by atoms with Crippen LogP contribution in [0.3, 0.4) is 0 Å². The van der Waals surface area contributed by atoms with Crippen LogP contribution >= 0.6 is 11.3 Å². The molecule has 200 valence electrons. The molecule has 0 fully saturated rings. The van der Waals surface area contributed by atoms with Gasteiger partial charge in [-0.05, 0) is 45.5 Å². The highest BCUT2D eigenvalue weighted by atomic mass is 32.2. The molecule has 37 heavy (non-hydrogen) atoms. The van der Waals surface area contributed by atoms with Gasteiger partial charge in [-0.3, -0.25) is 4.31 Å². The number of likely N-dealkylation sites (N-methyl/N-ethyl adjacent to an activating group) is 1. The number of hydrogen-bond acceptors (Lipinski definition) is 10. The van der Waals surface area contributed by atoms with E-state index in [4.69, 9.17) is 0 Å². The molecule has 0 spiro atoms. The molecule has 1 aromatic carbocycles. The molecule has 0 unspecified atom stereocenters. The zero-order chi connectivity index (χ0) is 26.6. The number of aromatic nitrogens is 2. The van der Waals surface area contributed by atoms with E-state index in [0.717, 1.165) is 31.2 Å². The van der Waals surface area contributed by atoms with E-state index in [1.54, 1.807) is 35.6 Å². The van der Waals surface area contributed by atoms with Crippen LogP contribution in [0.15, 0.2) is 47.4 Å². The van der Waals surface area contributed by atoms with Crippen molar-refractivity contribution in [1.29, 1.82) is 0 Å². The second kappa shape index (κ2) is 11.3. The third kappa shape index (κ3) is 7.18. The van der Waals surface area contributed by atoms with Crippen LogP contribution in [0.4, 0.5) is 22.5 Å². The minimum Gasteiger partial charge on any atom is -0.369 e. The second-order valence-corrected chi connectivity index (χ2v) is 14.4. The Bertz CT molecular complexity index is 1420. The molecule has 1 aliphatic rings. The van der Waals surface area contributed by atoms with E-state index in [0.29, 0.717) is 23.2 Å². The van der Waals surface area contributed by atoms with Gasteiger partial charge in [0.15, 0.2) is 5.13 Å². The van der Waals surface area contributed by atoms with Crippen molar-refractivity contribution in [3.05, 3.63) is 53.0 Å². The fourth-order valence-electron chi connectivity index (χ4n) is 3.93. The number of nitrogens with one attached hydrogen (secondary N) is 2. The van der Waals surface area contributed by atoms with Gasteiger partial charge in [0.25, 0.3) is 10.0 Å². The van der Waals surface area contributed by atoms with Crippen molar-refractivity contribution in [3.8, 4) is 0 Å². The summed E-state index contributed by atoms with van der Waals surface area (Å²) in [5, 5.41) is 6.79. The van der Waals surface area contributed by atoms with E-state index < -0.39 is 19.9 Å². The number of sulfone groups is 1. The number of pyridine rings is 1. The van der Waals surface area contributed by atoms with Crippen LogP contribution in [0.5, 0.6) is 0 Å². The zero-order valence-electron chi connectivity index (χ0n) is 21.1. The lowest BCUT2D eigenvalue weighted by atomic mass is 10.3. The molecule has 4 rings (SSSR count). The summed E-state index contributed by atoms with van der Waals surface area (Å²) in [4.78, 5) is 12.3.